The Morgan fingerprint density at radius 1 is 1.56 bits per heavy atom. The van der Waals surface area contributed by atoms with Crippen LogP contribution in [0.3, 0.4) is 0 Å². The molecular weight excluding hydrogens is 257 g/mol. The fraction of sp³-hybridized carbons (Fsp3) is 0.182. The molecule has 0 fully saturated rings. The van der Waals surface area contributed by atoms with Gasteiger partial charge in [0.15, 0.2) is 0 Å². The number of benzene rings is 1. The second kappa shape index (κ2) is 5.09. The molecule has 1 aromatic heterocycles. The van der Waals surface area contributed by atoms with Gasteiger partial charge < -0.3 is 5.32 Å². The molecule has 18 heavy (non-hydrogen) atoms. The fourth-order valence-corrected chi connectivity index (χ4v) is 2.06. The quantitative estimate of drug-likeness (QED) is 0.682. The lowest BCUT2D eigenvalue weighted by atomic mass is 10.2. The van der Waals surface area contributed by atoms with Crippen molar-refractivity contribution in [2.24, 2.45) is 0 Å². The van der Waals surface area contributed by atoms with Gasteiger partial charge in [0.05, 0.1) is 22.2 Å². The number of aryl methyl sites for hydroxylation is 1. The topological polar surface area (TPSA) is 68.1 Å². The van der Waals surface area contributed by atoms with Crippen molar-refractivity contribution in [2.75, 3.05) is 5.32 Å². The Hall–Kier alpha value is -2.02. The molecule has 0 unspecified atom stereocenters. The minimum absolute atomic E-state index is 0.452. The van der Waals surface area contributed by atoms with E-state index < -0.39 is 16.4 Å². The van der Waals surface area contributed by atoms with Crippen LogP contribution in [0.25, 0.3) is 0 Å². The maximum atomic E-state index is 13.1. The van der Waals surface area contributed by atoms with E-state index >= 15 is 0 Å². The van der Waals surface area contributed by atoms with Crippen molar-refractivity contribution in [1.82, 2.24) is 4.98 Å². The van der Waals surface area contributed by atoms with Crippen LogP contribution in [0.1, 0.15) is 10.7 Å². The van der Waals surface area contributed by atoms with Crippen LogP contribution in [0, 0.1) is 22.9 Å². The molecule has 0 saturated heterocycles. The first-order valence-corrected chi connectivity index (χ1v) is 6.03. The molecule has 0 radical (unpaired) electrons. The maximum absolute atomic E-state index is 13.1. The van der Waals surface area contributed by atoms with E-state index in [2.05, 4.69) is 10.3 Å². The standard InChI is InChI=1S/C11H10FN3O2S/c1-7-14-9(6-18-7)5-13-8-2-3-10(12)11(4-8)15(16)17/h2-4,6,13H,5H2,1H3. The molecule has 1 N–H and O–H groups in total. The van der Waals surface area contributed by atoms with Crippen LogP contribution in [0.15, 0.2) is 23.6 Å². The lowest BCUT2D eigenvalue weighted by molar-refractivity contribution is -0.387. The van der Waals surface area contributed by atoms with Gasteiger partial charge in [-0.3, -0.25) is 10.1 Å². The minimum atomic E-state index is -0.838. The van der Waals surface area contributed by atoms with Crippen molar-refractivity contribution < 1.29 is 9.31 Å². The van der Waals surface area contributed by atoms with Crippen molar-refractivity contribution >= 4 is 22.7 Å². The SMILES string of the molecule is Cc1nc(CNc2ccc(F)c([N+](=O)[O-])c2)cs1. The number of halogens is 1. The molecule has 0 aliphatic rings. The van der Waals surface area contributed by atoms with E-state index in [0.29, 0.717) is 12.2 Å². The fourth-order valence-electron chi connectivity index (χ4n) is 1.44. The molecule has 5 nitrogen and oxygen atoms in total. The first-order chi connectivity index (χ1) is 8.56. The summed E-state index contributed by atoms with van der Waals surface area (Å²) in [4.78, 5) is 14.1. The van der Waals surface area contributed by atoms with Crippen LogP contribution >= 0.6 is 11.3 Å². The van der Waals surface area contributed by atoms with E-state index in [1.807, 2.05) is 12.3 Å². The monoisotopic (exact) mass is 267 g/mol. The van der Waals surface area contributed by atoms with Crippen molar-refractivity contribution in [3.63, 3.8) is 0 Å². The Labute approximate surface area is 106 Å². The third-order valence-corrected chi connectivity index (χ3v) is 3.11. The Morgan fingerprint density at radius 3 is 2.94 bits per heavy atom. The zero-order valence-corrected chi connectivity index (χ0v) is 10.3. The van der Waals surface area contributed by atoms with Crippen molar-refractivity contribution in [3.05, 3.63) is 50.2 Å². The molecule has 0 saturated carbocycles. The van der Waals surface area contributed by atoms with E-state index in [0.717, 1.165) is 16.8 Å². The Morgan fingerprint density at radius 2 is 2.33 bits per heavy atom. The number of nitro groups is 1. The average molecular weight is 267 g/mol. The van der Waals surface area contributed by atoms with Crippen LogP contribution < -0.4 is 5.32 Å². The molecule has 0 spiro atoms. The highest BCUT2D eigenvalue weighted by Gasteiger charge is 2.14. The lowest BCUT2D eigenvalue weighted by Gasteiger charge is -2.04. The number of nitrogens with zero attached hydrogens (tertiary/aromatic N) is 2. The molecule has 1 aromatic carbocycles. The molecule has 0 aliphatic carbocycles. The minimum Gasteiger partial charge on any atom is -0.379 e. The summed E-state index contributed by atoms with van der Waals surface area (Å²) in [6, 6.07) is 3.71. The summed E-state index contributed by atoms with van der Waals surface area (Å²) < 4.78 is 13.1. The van der Waals surface area contributed by atoms with Crippen LogP contribution in [0.5, 0.6) is 0 Å². The number of rotatable bonds is 4. The number of hydrogen-bond acceptors (Lipinski definition) is 5. The van der Waals surface area contributed by atoms with E-state index in [-0.39, 0.29) is 0 Å². The largest absolute Gasteiger partial charge is 0.379 e. The molecule has 0 aliphatic heterocycles. The predicted molar refractivity (Wildman–Crippen MR) is 67.2 cm³/mol. The maximum Gasteiger partial charge on any atom is 0.306 e. The van der Waals surface area contributed by atoms with Gasteiger partial charge in [-0.05, 0) is 19.1 Å². The molecule has 1 heterocycles. The van der Waals surface area contributed by atoms with Crippen molar-refractivity contribution in [1.29, 1.82) is 0 Å². The number of anilines is 1. The number of thiazole rings is 1. The van der Waals surface area contributed by atoms with Gasteiger partial charge in [-0.25, -0.2) is 4.98 Å². The Balaban J connectivity index is 2.10. The van der Waals surface area contributed by atoms with Crippen LogP contribution in [0.2, 0.25) is 0 Å². The molecule has 2 rings (SSSR count). The van der Waals surface area contributed by atoms with E-state index in [1.54, 1.807) is 0 Å². The molecular formula is C11H10FN3O2S. The average Bonchev–Trinajstić information content (AvgIpc) is 2.74. The Bertz CT molecular complexity index is 585. The third-order valence-electron chi connectivity index (χ3n) is 2.28. The summed E-state index contributed by atoms with van der Waals surface area (Å²) in [6.45, 7) is 2.35. The van der Waals surface area contributed by atoms with Crippen molar-refractivity contribution in [2.45, 2.75) is 13.5 Å². The highest BCUT2D eigenvalue weighted by molar-refractivity contribution is 7.09. The van der Waals surface area contributed by atoms with Gasteiger partial charge in [0.1, 0.15) is 0 Å². The summed E-state index contributed by atoms with van der Waals surface area (Å²) in [5.41, 5.74) is 0.813. The summed E-state index contributed by atoms with van der Waals surface area (Å²) in [6.07, 6.45) is 0. The second-order valence-corrected chi connectivity index (χ2v) is 4.70. The molecule has 2 aromatic rings. The smallest absolute Gasteiger partial charge is 0.306 e. The first-order valence-electron chi connectivity index (χ1n) is 5.15. The molecule has 94 valence electrons. The number of nitrogens with one attached hydrogen (secondary N) is 1. The van der Waals surface area contributed by atoms with Gasteiger partial charge in [0.2, 0.25) is 5.82 Å². The third kappa shape index (κ3) is 2.80. The lowest BCUT2D eigenvalue weighted by Crippen LogP contribution is -2.01. The van der Waals surface area contributed by atoms with Crippen LogP contribution in [-0.4, -0.2) is 9.91 Å². The van der Waals surface area contributed by atoms with Crippen LogP contribution in [0.4, 0.5) is 15.8 Å². The van der Waals surface area contributed by atoms with Crippen molar-refractivity contribution in [3.8, 4) is 0 Å². The van der Waals surface area contributed by atoms with E-state index in [9.17, 15) is 14.5 Å². The van der Waals surface area contributed by atoms with Gasteiger partial charge in [-0.1, -0.05) is 0 Å². The van der Waals surface area contributed by atoms with E-state index in [1.165, 1.54) is 23.5 Å². The van der Waals surface area contributed by atoms with Gasteiger partial charge in [0.25, 0.3) is 0 Å². The summed E-state index contributed by atoms with van der Waals surface area (Å²) in [5.74, 6) is -0.838. The van der Waals surface area contributed by atoms with Gasteiger partial charge in [0, 0.05) is 17.1 Å². The van der Waals surface area contributed by atoms with Crippen LogP contribution in [-0.2, 0) is 6.54 Å². The molecule has 0 atom stereocenters. The highest BCUT2D eigenvalue weighted by Crippen LogP contribution is 2.22. The highest BCUT2D eigenvalue weighted by atomic mass is 32.1. The predicted octanol–water partition coefficient (Wildman–Crippen LogP) is 3.11. The van der Waals surface area contributed by atoms with Gasteiger partial charge >= 0.3 is 5.69 Å². The summed E-state index contributed by atoms with van der Waals surface area (Å²) >= 11 is 1.53. The number of hydrogen-bond donors (Lipinski definition) is 1. The van der Waals surface area contributed by atoms with Gasteiger partial charge in [-0.2, -0.15) is 4.39 Å². The molecule has 0 bridgehead atoms. The zero-order chi connectivity index (χ0) is 13.1. The van der Waals surface area contributed by atoms with Gasteiger partial charge in [-0.15, -0.1) is 11.3 Å². The number of nitro benzene ring substituents is 1. The summed E-state index contributed by atoms with van der Waals surface area (Å²) in [5, 5.41) is 16.4. The van der Waals surface area contributed by atoms with E-state index in [4.69, 9.17) is 0 Å². The number of aromatic nitrogens is 1. The zero-order valence-electron chi connectivity index (χ0n) is 9.51. The second-order valence-electron chi connectivity index (χ2n) is 3.63. The molecule has 0 amide bonds. The molecule has 7 heteroatoms. The normalized spacial score (nSPS) is 10.3. The summed E-state index contributed by atoms with van der Waals surface area (Å²) in [7, 11) is 0. The first kappa shape index (κ1) is 12.4. The Kier molecular flexibility index (Phi) is 3.52.